The van der Waals surface area contributed by atoms with Crippen LogP contribution in [0.4, 0.5) is 4.39 Å². The number of likely N-dealkylation sites (N-methyl/N-ethyl adjacent to an activating group) is 1. The van der Waals surface area contributed by atoms with Gasteiger partial charge in [0, 0.05) is 16.5 Å². The normalized spacial score (nSPS) is 42.8. The lowest BCUT2D eigenvalue weighted by Gasteiger charge is -2.33. The third-order valence-corrected chi connectivity index (χ3v) is 6.85. The molecule has 0 aromatic heterocycles. The molecule has 0 radical (unpaired) electrons. The Morgan fingerprint density at radius 2 is 2.10 bits per heavy atom. The summed E-state index contributed by atoms with van der Waals surface area (Å²) in [4.78, 5) is 2.41. The monoisotopic (exact) mass is 393 g/mol. The van der Waals surface area contributed by atoms with Gasteiger partial charge in [-0.1, -0.05) is 48.9 Å². The van der Waals surface area contributed by atoms with Gasteiger partial charge in [-0.15, -0.1) is 0 Å². The number of allylic oxidation sites excluding steroid dienone is 2. The van der Waals surface area contributed by atoms with E-state index < -0.39 is 6.17 Å². The average Bonchev–Trinajstić information content (AvgIpc) is 3.11. The number of alkyl halides is 2. The zero-order valence-electron chi connectivity index (χ0n) is 13.3. The SMILES string of the molecule is CC1=CCC(C)C(C(I)CCC[C@@H]2CN2C)C(C)C1F. The predicted octanol–water partition coefficient (Wildman–Crippen LogP) is 4.85. The van der Waals surface area contributed by atoms with Crippen LogP contribution in [-0.4, -0.2) is 34.6 Å². The minimum atomic E-state index is -0.739. The van der Waals surface area contributed by atoms with Crippen LogP contribution < -0.4 is 0 Å². The summed E-state index contributed by atoms with van der Waals surface area (Å²) in [6.07, 6.45) is 6.30. The number of halogens is 2. The Morgan fingerprint density at radius 1 is 1.45 bits per heavy atom. The predicted molar refractivity (Wildman–Crippen MR) is 93.2 cm³/mol. The molecule has 1 fully saturated rings. The van der Waals surface area contributed by atoms with Gasteiger partial charge in [-0.2, -0.15) is 0 Å². The second kappa shape index (κ2) is 7.08. The van der Waals surface area contributed by atoms with Crippen LogP contribution in [-0.2, 0) is 0 Å². The van der Waals surface area contributed by atoms with E-state index in [0.29, 0.717) is 15.8 Å². The molecule has 2 rings (SSSR count). The van der Waals surface area contributed by atoms with Crippen molar-refractivity contribution in [2.45, 2.75) is 62.6 Å². The minimum Gasteiger partial charge on any atom is -0.301 e. The summed E-state index contributed by atoms with van der Waals surface area (Å²) in [5.74, 6) is 1.27. The molecule has 1 aliphatic carbocycles. The molecule has 20 heavy (non-hydrogen) atoms. The van der Waals surface area contributed by atoms with Gasteiger partial charge >= 0.3 is 0 Å². The molecule has 0 amide bonds. The molecular formula is C17H29FIN. The smallest absolute Gasteiger partial charge is 0.124 e. The summed E-state index contributed by atoms with van der Waals surface area (Å²) in [6, 6.07) is 0.834. The third kappa shape index (κ3) is 3.96. The second-order valence-electron chi connectivity index (χ2n) is 7.04. The van der Waals surface area contributed by atoms with Crippen molar-refractivity contribution in [3.05, 3.63) is 11.6 Å². The van der Waals surface area contributed by atoms with Gasteiger partial charge in [0.2, 0.25) is 0 Å². The van der Waals surface area contributed by atoms with E-state index in [-0.39, 0.29) is 5.92 Å². The fraction of sp³-hybridized carbons (Fsp3) is 0.882. The van der Waals surface area contributed by atoms with Gasteiger partial charge in [0.25, 0.3) is 0 Å². The first-order chi connectivity index (χ1) is 9.41. The van der Waals surface area contributed by atoms with Crippen LogP contribution in [0.25, 0.3) is 0 Å². The van der Waals surface area contributed by atoms with Crippen molar-refractivity contribution in [3.63, 3.8) is 0 Å². The molecule has 0 saturated carbocycles. The number of hydrogen-bond donors (Lipinski definition) is 0. The van der Waals surface area contributed by atoms with Crippen molar-refractivity contribution in [2.75, 3.05) is 13.6 Å². The minimum absolute atomic E-state index is 0.161. The second-order valence-corrected chi connectivity index (χ2v) is 8.64. The zero-order chi connectivity index (χ0) is 14.9. The van der Waals surface area contributed by atoms with E-state index in [1.807, 2.05) is 6.92 Å². The van der Waals surface area contributed by atoms with Gasteiger partial charge in [0.15, 0.2) is 0 Å². The van der Waals surface area contributed by atoms with E-state index in [9.17, 15) is 4.39 Å². The summed E-state index contributed by atoms with van der Waals surface area (Å²) in [6.45, 7) is 7.66. The lowest BCUT2D eigenvalue weighted by Crippen LogP contribution is -2.32. The van der Waals surface area contributed by atoms with E-state index >= 15 is 0 Å². The van der Waals surface area contributed by atoms with Gasteiger partial charge in [0.05, 0.1) is 0 Å². The van der Waals surface area contributed by atoms with Crippen LogP contribution >= 0.6 is 22.6 Å². The molecule has 1 nitrogen and oxygen atoms in total. The maximum absolute atomic E-state index is 14.4. The summed E-state index contributed by atoms with van der Waals surface area (Å²) in [5, 5.41) is 0. The van der Waals surface area contributed by atoms with Crippen LogP contribution in [0.3, 0.4) is 0 Å². The maximum atomic E-state index is 14.4. The quantitative estimate of drug-likeness (QED) is 0.279. The highest BCUT2D eigenvalue weighted by molar-refractivity contribution is 14.1. The molecule has 116 valence electrons. The average molecular weight is 393 g/mol. The molecule has 0 spiro atoms. The van der Waals surface area contributed by atoms with Crippen LogP contribution in [0.5, 0.6) is 0 Å². The first kappa shape index (κ1) is 16.7. The van der Waals surface area contributed by atoms with Gasteiger partial charge in [-0.05, 0) is 56.6 Å². The molecule has 3 heteroatoms. The Labute approximate surface area is 137 Å². The molecule has 0 bridgehead atoms. The maximum Gasteiger partial charge on any atom is 0.124 e. The highest BCUT2D eigenvalue weighted by Crippen LogP contribution is 2.41. The standard InChI is InChI=1S/C17H29FIN/c1-11-8-9-12(2)17(18)13(3)16(11)15(19)7-5-6-14-10-20(14)4/h9,11,13-17H,5-8,10H2,1-4H3/t11?,13?,14-,15?,16?,17?,20?/m1/s1. The van der Waals surface area contributed by atoms with E-state index in [4.69, 9.17) is 0 Å². The fourth-order valence-electron chi connectivity index (χ4n) is 3.79. The van der Waals surface area contributed by atoms with Gasteiger partial charge < -0.3 is 4.90 Å². The van der Waals surface area contributed by atoms with E-state index in [2.05, 4.69) is 54.5 Å². The first-order valence-corrected chi connectivity index (χ1v) is 9.31. The van der Waals surface area contributed by atoms with Crippen molar-refractivity contribution < 1.29 is 4.39 Å². The highest BCUT2D eigenvalue weighted by Gasteiger charge is 2.37. The largest absolute Gasteiger partial charge is 0.301 e. The summed E-state index contributed by atoms with van der Waals surface area (Å²) >= 11 is 2.59. The Morgan fingerprint density at radius 3 is 2.70 bits per heavy atom. The molecule has 1 heterocycles. The van der Waals surface area contributed by atoms with Crippen molar-refractivity contribution in [1.29, 1.82) is 0 Å². The summed E-state index contributed by atoms with van der Waals surface area (Å²) in [7, 11) is 2.20. The van der Waals surface area contributed by atoms with Crippen LogP contribution in [0, 0.1) is 17.8 Å². The summed E-state index contributed by atoms with van der Waals surface area (Å²) in [5.41, 5.74) is 0.954. The van der Waals surface area contributed by atoms with E-state index in [0.717, 1.165) is 18.0 Å². The molecule has 1 aliphatic heterocycles. The third-order valence-electron chi connectivity index (χ3n) is 5.40. The van der Waals surface area contributed by atoms with Crippen LogP contribution in [0.2, 0.25) is 0 Å². The van der Waals surface area contributed by atoms with Crippen molar-refractivity contribution in [2.24, 2.45) is 17.8 Å². The lowest BCUT2D eigenvalue weighted by atomic mass is 9.77. The molecule has 0 aromatic carbocycles. The van der Waals surface area contributed by atoms with Gasteiger partial charge in [-0.3, -0.25) is 0 Å². The zero-order valence-corrected chi connectivity index (χ0v) is 15.4. The fourth-order valence-corrected chi connectivity index (χ4v) is 5.60. The molecule has 0 aromatic rings. The Bertz CT molecular complexity index is 357. The van der Waals surface area contributed by atoms with Crippen LogP contribution in [0.15, 0.2) is 11.6 Å². The molecular weight excluding hydrogens is 364 g/mol. The Kier molecular flexibility index (Phi) is 5.92. The van der Waals surface area contributed by atoms with Gasteiger partial charge in [0.1, 0.15) is 6.17 Å². The molecule has 6 unspecified atom stereocenters. The first-order valence-electron chi connectivity index (χ1n) is 8.06. The number of nitrogens with zero attached hydrogens (tertiary/aromatic N) is 1. The van der Waals surface area contributed by atoms with Crippen LogP contribution in [0.1, 0.15) is 46.5 Å². The highest BCUT2D eigenvalue weighted by atomic mass is 127. The topological polar surface area (TPSA) is 3.01 Å². The van der Waals surface area contributed by atoms with E-state index in [1.165, 1.54) is 25.8 Å². The number of rotatable bonds is 5. The van der Waals surface area contributed by atoms with Crippen molar-refractivity contribution in [3.8, 4) is 0 Å². The Balaban J connectivity index is 1.87. The molecule has 1 saturated heterocycles. The van der Waals surface area contributed by atoms with E-state index in [1.54, 1.807) is 0 Å². The van der Waals surface area contributed by atoms with Crippen molar-refractivity contribution in [1.82, 2.24) is 4.90 Å². The Hall–Kier alpha value is 0.360. The molecule has 0 N–H and O–H groups in total. The lowest BCUT2D eigenvalue weighted by molar-refractivity contribution is 0.170. The van der Waals surface area contributed by atoms with Crippen molar-refractivity contribution >= 4 is 22.6 Å². The van der Waals surface area contributed by atoms with Gasteiger partial charge in [-0.25, -0.2) is 4.39 Å². The molecule has 7 atom stereocenters. The summed E-state index contributed by atoms with van der Waals surface area (Å²) < 4.78 is 15.1. The molecule has 2 aliphatic rings. The number of hydrogen-bond acceptors (Lipinski definition) is 1.